The SMILES string of the molecule is CNC[C@H](CC1CCOCC1)NC(=O)N1CCC[C@@H](C(OCCNC(=O)O)c2cccc(Cl)c2)C1. The van der Waals surface area contributed by atoms with Crippen molar-refractivity contribution in [3.63, 3.8) is 0 Å². The van der Waals surface area contributed by atoms with Gasteiger partial charge in [-0.2, -0.15) is 0 Å². The first-order valence-corrected chi connectivity index (χ1v) is 13.0. The molecule has 0 saturated carbocycles. The van der Waals surface area contributed by atoms with Gasteiger partial charge in [-0.05, 0) is 62.8 Å². The monoisotopic (exact) mass is 510 g/mol. The number of halogens is 1. The Balaban J connectivity index is 1.62. The first-order chi connectivity index (χ1) is 17.0. The van der Waals surface area contributed by atoms with Crippen LogP contribution in [0.5, 0.6) is 0 Å². The fraction of sp³-hybridized carbons (Fsp3) is 0.680. The third-order valence-corrected chi connectivity index (χ3v) is 7.00. The van der Waals surface area contributed by atoms with Crippen LogP contribution in [0.1, 0.15) is 43.8 Å². The molecular formula is C25H39ClN4O5. The van der Waals surface area contributed by atoms with E-state index in [0.29, 0.717) is 24.0 Å². The van der Waals surface area contributed by atoms with Crippen molar-refractivity contribution in [1.82, 2.24) is 20.9 Å². The van der Waals surface area contributed by atoms with Gasteiger partial charge >= 0.3 is 12.1 Å². The predicted octanol–water partition coefficient (Wildman–Crippen LogP) is 3.49. The maximum Gasteiger partial charge on any atom is 0.404 e. The summed E-state index contributed by atoms with van der Waals surface area (Å²) in [5.41, 5.74) is 0.938. The van der Waals surface area contributed by atoms with Crippen molar-refractivity contribution in [1.29, 1.82) is 0 Å². The Morgan fingerprint density at radius 1 is 1.29 bits per heavy atom. The van der Waals surface area contributed by atoms with E-state index in [9.17, 15) is 9.59 Å². The summed E-state index contributed by atoms with van der Waals surface area (Å²) >= 11 is 6.24. The Hall–Kier alpha value is -2.07. The smallest absolute Gasteiger partial charge is 0.404 e. The van der Waals surface area contributed by atoms with E-state index < -0.39 is 6.09 Å². The summed E-state index contributed by atoms with van der Waals surface area (Å²) in [6.07, 6.45) is 3.45. The van der Waals surface area contributed by atoms with Gasteiger partial charge in [0.2, 0.25) is 0 Å². The third-order valence-electron chi connectivity index (χ3n) is 6.76. The zero-order valence-corrected chi connectivity index (χ0v) is 21.3. The van der Waals surface area contributed by atoms with E-state index in [4.69, 9.17) is 26.2 Å². The lowest BCUT2D eigenvalue weighted by Crippen LogP contribution is -2.52. The quantitative estimate of drug-likeness (QED) is 0.339. The fourth-order valence-corrected chi connectivity index (χ4v) is 5.26. The summed E-state index contributed by atoms with van der Waals surface area (Å²) in [6, 6.07) is 7.58. The van der Waals surface area contributed by atoms with Crippen LogP contribution in [0.3, 0.4) is 0 Å². The van der Waals surface area contributed by atoms with Gasteiger partial charge in [-0.15, -0.1) is 0 Å². The van der Waals surface area contributed by atoms with Crippen LogP contribution in [0.2, 0.25) is 5.02 Å². The molecule has 0 radical (unpaired) electrons. The molecule has 196 valence electrons. The van der Waals surface area contributed by atoms with Crippen molar-refractivity contribution in [2.45, 2.75) is 44.2 Å². The number of nitrogens with zero attached hydrogens (tertiary/aromatic N) is 1. The van der Waals surface area contributed by atoms with Crippen molar-refractivity contribution in [2.24, 2.45) is 11.8 Å². The summed E-state index contributed by atoms with van der Waals surface area (Å²) in [4.78, 5) is 25.9. The zero-order valence-electron chi connectivity index (χ0n) is 20.5. The normalized spacial score (nSPS) is 20.7. The molecule has 0 aromatic heterocycles. The molecule has 2 fully saturated rings. The number of nitrogens with one attached hydrogen (secondary N) is 3. The second kappa shape index (κ2) is 14.5. The van der Waals surface area contributed by atoms with Gasteiger partial charge in [-0.3, -0.25) is 0 Å². The average molecular weight is 511 g/mol. The number of urea groups is 1. The highest BCUT2D eigenvalue weighted by Gasteiger charge is 2.32. The Labute approximate surface area is 212 Å². The Kier molecular flexibility index (Phi) is 11.4. The summed E-state index contributed by atoms with van der Waals surface area (Å²) in [6.45, 7) is 4.03. The van der Waals surface area contributed by atoms with Crippen LogP contribution >= 0.6 is 11.6 Å². The van der Waals surface area contributed by atoms with Gasteiger partial charge in [0.05, 0.1) is 12.7 Å². The van der Waals surface area contributed by atoms with E-state index in [1.165, 1.54) is 0 Å². The highest BCUT2D eigenvalue weighted by atomic mass is 35.5. The molecule has 2 heterocycles. The third kappa shape index (κ3) is 9.14. The van der Waals surface area contributed by atoms with Crippen molar-refractivity contribution in [3.05, 3.63) is 34.9 Å². The van der Waals surface area contributed by atoms with Crippen LogP contribution in [0, 0.1) is 11.8 Å². The molecule has 2 saturated heterocycles. The van der Waals surface area contributed by atoms with Crippen molar-refractivity contribution < 1.29 is 24.2 Å². The number of amides is 3. The molecule has 9 nitrogen and oxygen atoms in total. The molecule has 0 aliphatic carbocycles. The molecule has 1 aromatic carbocycles. The predicted molar refractivity (Wildman–Crippen MR) is 135 cm³/mol. The van der Waals surface area contributed by atoms with Gasteiger partial charge < -0.3 is 35.4 Å². The Morgan fingerprint density at radius 2 is 2.09 bits per heavy atom. The van der Waals surface area contributed by atoms with Gasteiger partial charge in [-0.1, -0.05) is 23.7 Å². The molecule has 2 aliphatic rings. The Morgan fingerprint density at radius 3 is 2.80 bits per heavy atom. The first-order valence-electron chi connectivity index (χ1n) is 12.6. The lowest BCUT2D eigenvalue weighted by molar-refractivity contribution is -0.00855. The molecule has 1 aromatic rings. The molecule has 3 atom stereocenters. The minimum atomic E-state index is -1.08. The molecule has 1 unspecified atom stereocenters. The van der Waals surface area contributed by atoms with E-state index in [1.807, 2.05) is 36.2 Å². The molecule has 10 heteroatoms. The Bertz CT molecular complexity index is 808. The lowest BCUT2D eigenvalue weighted by Gasteiger charge is -2.38. The number of hydrogen-bond donors (Lipinski definition) is 4. The number of likely N-dealkylation sites (N-methyl/N-ethyl adjacent to an activating group) is 1. The molecule has 0 spiro atoms. The van der Waals surface area contributed by atoms with Crippen LogP contribution in [0.4, 0.5) is 9.59 Å². The van der Waals surface area contributed by atoms with E-state index in [1.54, 1.807) is 0 Å². The van der Waals surface area contributed by atoms with Crippen LogP contribution in [0.25, 0.3) is 0 Å². The number of ether oxygens (including phenoxy) is 2. The van der Waals surface area contributed by atoms with E-state index in [-0.39, 0.29) is 37.2 Å². The topological polar surface area (TPSA) is 112 Å². The lowest BCUT2D eigenvalue weighted by atomic mass is 9.88. The molecule has 3 amide bonds. The van der Waals surface area contributed by atoms with E-state index >= 15 is 0 Å². The van der Waals surface area contributed by atoms with Crippen LogP contribution in [-0.2, 0) is 9.47 Å². The average Bonchev–Trinajstić information content (AvgIpc) is 2.84. The summed E-state index contributed by atoms with van der Waals surface area (Å²) in [7, 11) is 1.91. The number of carboxylic acid groups (broad SMARTS) is 1. The molecular weight excluding hydrogens is 472 g/mol. The summed E-state index contributed by atoms with van der Waals surface area (Å²) in [5.74, 6) is 0.646. The highest BCUT2D eigenvalue weighted by molar-refractivity contribution is 6.30. The number of rotatable bonds is 11. The van der Waals surface area contributed by atoms with Gasteiger partial charge in [0.25, 0.3) is 0 Å². The largest absolute Gasteiger partial charge is 0.465 e. The van der Waals surface area contributed by atoms with E-state index in [0.717, 1.165) is 57.4 Å². The van der Waals surface area contributed by atoms with Crippen molar-refractivity contribution >= 4 is 23.7 Å². The maximum atomic E-state index is 13.2. The first kappa shape index (κ1) is 27.5. The molecule has 2 aliphatic heterocycles. The molecule has 35 heavy (non-hydrogen) atoms. The number of carbonyl (C=O) groups is 2. The van der Waals surface area contributed by atoms with Gasteiger partial charge in [0, 0.05) is 56.4 Å². The van der Waals surface area contributed by atoms with Gasteiger partial charge in [0.1, 0.15) is 0 Å². The second-order valence-electron chi connectivity index (χ2n) is 9.42. The minimum absolute atomic E-state index is 0.0422. The zero-order chi connectivity index (χ0) is 25.0. The summed E-state index contributed by atoms with van der Waals surface area (Å²) in [5, 5.41) is 18.3. The number of carbonyl (C=O) groups excluding carboxylic acids is 1. The van der Waals surface area contributed by atoms with Gasteiger partial charge in [-0.25, -0.2) is 9.59 Å². The van der Waals surface area contributed by atoms with Crippen molar-refractivity contribution in [2.75, 3.05) is 53.0 Å². The van der Waals surface area contributed by atoms with Crippen molar-refractivity contribution in [3.8, 4) is 0 Å². The van der Waals surface area contributed by atoms with Crippen LogP contribution < -0.4 is 16.0 Å². The highest BCUT2D eigenvalue weighted by Crippen LogP contribution is 2.34. The van der Waals surface area contributed by atoms with Crippen LogP contribution in [-0.4, -0.2) is 81.2 Å². The maximum absolute atomic E-state index is 13.2. The fourth-order valence-electron chi connectivity index (χ4n) is 5.06. The summed E-state index contributed by atoms with van der Waals surface area (Å²) < 4.78 is 11.6. The van der Waals surface area contributed by atoms with E-state index in [2.05, 4.69) is 16.0 Å². The van der Waals surface area contributed by atoms with Gasteiger partial charge in [0.15, 0.2) is 0 Å². The molecule has 3 rings (SSSR count). The second-order valence-corrected chi connectivity index (χ2v) is 9.86. The van der Waals surface area contributed by atoms with Crippen LogP contribution in [0.15, 0.2) is 24.3 Å². The minimum Gasteiger partial charge on any atom is -0.465 e. The molecule has 0 bridgehead atoms. The standard InChI is InChI=1S/C25H39ClN4O5/c1-27-16-22(14-18-7-11-34-12-8-18)29-24(31)30-10-3-5-20(17-30)23(35-13-9-28-25(32)33)19-4-2-6-21(26)15-19/h2,4,6,15,18,20,22-23,27-28H,3,5,7-14,16-17H2,1H3,(H,29,31)(H,32,33)/t20-,22+,23?/m1/s1. The number of likely N-dealkylation sites (tertiary alicyclic amines) is 1. The number of benzene rings is 1. The number of hydrogen-bond acceptors (Lipinski definition) is 5. The number of piperidine rings is 1. The molecule has 4 N–H and O–H groups in total.